The molecule has 0 unspecified atom stereocenters. The van der Waals surface area contributed by atoms with Gasteiger partial charge in [-0.25, -0.2) is 4.79 Å². The van der Waals surface area contributed by atoms with E-state index in [1.165, 1.54) is 0 Å². The summed E-state index contributed by atoms with van der Waals surface area (Å²) in [6.45, 7) is 2.05. The van der Waals surface area contributed by atoms with Crippen LogP contribution in [0.5, 0.6) is 0 Å². The topological polar surface area (TPSA) is 49.8 Å². The van der Waals surface area contributed by atoms with Crippen molar-refractivity contribution in [1.82, 2.24) is 5.06 Å². The van der Waals surface area contributed by atoms with Crippen molar-refractivity contribution < 1.29 is 14.7 Å². The maximum Gasteiger partial charge on any atom is 0.434 e. The lowest BCUT2D eigenvalue weighted by Gasteiger charge is -2.12. The summed E-state index contributed by atoms with van der Waals surface area (Å²) < 4.78 is 4.82. The first-order chi connectivity index (χ1) is 6.74. The molecule has 76 valence electrons. The maximum atomic E-state index is 11.0. The van der Waals surface area contributed by atoms with Gasteiger partial charge < -0.3 is 4.74 Å². The lowest BCUT2D eigenvalue weighted by atomic mass is 10.2. The molecule has 0 aliphatic carbocycles. The monoisotopic (exact) mass is 195 g/mol. The van der Waals surface area contributed by atoms with E-state index in [0.29, 0.717) is 5.06 Å². The number of rotatable bonds is 3. The molecule has 0 fully saturated rings. The van der Waals surface area contributed by atoms with Gasteiger partial charge in [-0.2, -0.15) is 5.06 Å². The summed E-state index contributed by atoms with van der Waals surface area (Å²) in [5.41, 5.74) is 0.894. The van der Waals surface area contributed by atoms with Crippen LogP contribution in [0.4, 0.5) is 4.79 Å². The molecule has 0 atom stereocenters. The first-order valence-corrected chi connectivity index (χ1v) is 4.41. The second-order valence-corrected chi connectivity index (χ2v) is 2.76. The van der Waals surface area contributed by atoms with Gasteiger partial charge in [0.1, 0.15) is 6.61 Å². The molecular weight excluding hydrogens is 182 g/mol. The van der Waals surface area contributed by atoms with E-state index in [-0.39, 0.29) is 13.2 Å². The molecule has 1 N–H and O–H groups in total. The average Bonchev–Trinajstić information content (AvgIpc) is 2.26. The van der Waals surface area contributed by atoms with Crippen LogP contribution in [0.15, 0.2) is 30.3 Å². The van der Waals surface area contributed by atoms with Gasteiger partial charge in [-0.05, 0) is 12.5 Å². The Morgan fingerprint density at radius 2 is 2.07 bits per heavy atom. The molecule has 0 radical (unpaired) electrons. The Labute approximate surface area is 82.7 Å². The highest BCUT2D eigenvalue weighted by Crippen LogP contribution is 2.01. The van der Waals surface area contributed by atoms with Gasteiger partial charge in [0.25, 0.3) is 0 Å². The number of hydrogen-bond acceptors (Lipinski definition) is 3. The fourth-order valence-corrected chi connectivity index (χ4v) is 0.923. The largest absolute Gasteiger partial charge is 0.443 e. The molecule has 0 saturated heterocycles. The Kier molecular flexibility index (Phi) is 3.94. The lowest BCUT2D eigenvalue weighted by Crippen LogP contribution is -2.27. The SMILES string of the molecule is CCN(O)C(=O)OCc1ccccc1. The van der Waals surface area contributed by atoms with Gasteiger partial charge in [0.15, 0.2) is 0 Å². The van der Waals surface area contributed by atoms with Crippen molar-refractivity contribution in [3.63, 3.8) is 0 Å². The predicted octanol–water partition coefficient (Wildman–Crippen LogP) is 2.03. The third-order valence-corrected chi connectivity index (χ3v) is 1.72. The molecule has 1 amide bonds. The second-order valence-electron chi connectivity index (χ2n) is 2.76. The van der Waals surface area contributed by atoms with Crippen LogP contribution in [0.25, 0.3) is 0 Å². The molecule has 4 nitrogen and oxygen atoms in total. The molecule has 0 aromatic heterocycles. The molecule has 1 aromatic carbocycles. The van der Waals surface area contributed by atoms with E-state index in [4.69, 9.17) is 9.94 Å². The van der Waals surface area contributed by atoms with Crippen molar-refractivity contribution in [2.45, 2.75) is 13.5 Å². The molecule has 0 aliphatic rings. The van der Waals surface area contributed by atoms with Gasteiger partial charge in [-0.15, -0.1) is 0 Å². The van der Waals surface area contributed by atoms with Gasteiger partial charge in [0.2, 0.25) is 0 Å². The number of hydroxylamine groups is 2. The van der Waals surface area contributed by atoms with E-state index in [2.05, 4.69) is 0 Å². The zero-order valence-corrected chi connectivity index (χ0v) is 8.01. The number of carbonyl (C=O) groups excluding carboxylic acids is 1. The zero-order chi connectivity index (χ0) is 10.4. The van der Waals surface area contributed by atoms with E-state index in [1.807, 2.05) is 30.3 Å². The van der Waals surface area contributed by atoms with Crippen molar-refractivity contribution in [3.05, 3.63) is 35.9 Å². The Bertz CT molecular complexity index is 287. The minimum atomic E-state index is -0.726. The summed E-state index contributed by atoms with van der Waals surface area (Å²) in [5.74, 6) is 0. The van der Waals surface area contributed by atoms with E-state index in [0.717, 1.165) is 5.56 Å². The Balaban J connectivity index is 2.38. The summed E-state index contributed by atoms with van der Waals surface area (Å²) in [6.07, 6.45) is -0.726. The van der Waals surface area contributed by atoms with Crippen molar-refractivity contribution in [1.29, 1.82) is 0 Å². The first kappa shape index (κ1) is 10.5. The molecule has 0 aliphatic heterocycles. The number of nitrogens with zero attached hydrogens (tertiary/aromatic N) is 1. The molecule has 0 heterocycles. The molecule has 0 saturated carbocycles. The lowest BCUT2D eigenvalue weighted by molar-refractivity contribution is -0.0720. The van der Waals surface area contributed by atoms with E-state index in [1.54, 1.807) is 6.92 Å². The van der Waals surface area contributed by atoms with Crippen LogP contribution in [0, 0.1) is 0 Å². The highest BCUT2D eigenvalue weighted by Gasteiger charge is 2.08. The second kappa shape index (κ2) is 5.24. The summed E-state index contributed by atoms with van der Waals surface area (Å²) in [6, 6.07) is 9.30. The molecule has 4 heteroatoms. The van der Waals surface area contributed by atoms with E-state index >= 15 is 0 Å². The number of benzene rings is 1. The number of ether oxygens (including phenoxy) is 1. The maximum absolute atomic E-state index is 11.0. The van der Waals surface area contributed by atoms with Crippen LogP contribution in [0.3, 0.4) is 0 Å². The van der Waals surface area contributed by atoms with Gasteiger partial charge in [0.05, 0.1) is 0 Å². The summed E-state index contributed by atoms with van der Waals surface area (Å²) in [4.78, 5) is 11.0. The molecule has 0 bridgehead atoms. The van der Waals surface area contributed by atoms with Crippen molar-refractivity contribution in [2.75, 3.05) is 6.54 Å². The van der Waals surface area contributed by atoms with Crippen LogP contribution >= 0.6 is 0 Å². The third-order valence-electron chi connectivity index (χ3n) is 1.72. The van der Waals surface area contributed by atoms with Crippen LogP contribution < -0.4 is 0 Å². The quantitative estimate of drug-likeness (QED) is 0.593. The minimum absolute atomic E-state index is 0.177. The van der Waals surface area contributed by atoms with Crippen LogP contribution in [-0.4, -0.2) is 22.9 Å². The number of carbonyl (C=O) groups is 1. The van der Waals surface area contributed by atoms with Crippen molar-refractivity contribution >= 4 is 6.09 Å². The van der Waals surface area contributed by atoms with Gasteiger partial charge in [-0.3, -0.25) is 5.21 Å². The standard InChI is InChI=1S/C10H13NO3/c1-2-11(13)10(12)14-8-9-6-4-3-5-7-9/h3-7,13H,2,8H2,1H3. The summed E-state index contributed by atoms with van der Waals surface area (Å²) in [5, 5.41) is 9.49. The normalized spacial score (nSPS) is 9.57. The molecule has 1 rings (SSSR count). The average molecular weight is 195 g/mol. The highest BCUT2D eigenvalue weighted by molar-refractivity contribution is 5.65. The highest BCUT2D eigenvalue weighted by atomic mass is 16.6. The molecule has 0 spiro atoms. The first-order valence-electron chi connectivity index (χ1n) is 4.41. The Morgan fingerprint density at radius 3 is 2.64 bits per heavy atom. The van der Waals surface area contributed by atoms with Crippen molar-refractivity contribution in [3.8, 4) is 0 Å². The molecule has 1 aromatic rings. The van der Waals surface area contributed by atoms with E-state index < -0.39 is 6.09 Å². The van der Waals surface area contributed by atoms with Crippen LogP contribution in [-0.2, 0) is 11.3 Å². The number of hydrogen-bond donors (Lipinski definition) is 1. The van der Waals surface area contributed by atoms with Gasteiger partial charge in [0, 0.05) is 6.54 Å². The van der Waals surface area contributed by atoms with Gasteiger partial charge >= 0.3 is 6.09 Å². The number of amides is 1. The fourth-order valence-electron chi connectivity index (χ4n) is 0.923. The summed E-state index contributed by atoms with van der Waals surface area (Å²) in [7, 11) is 0. The Hall–Kier alpha value is -1.55. The van der Waals surface area contributed by atoms with Gasteiger partial charge in [-0.1, -0.05) is 30.3 Å². The minimum Gasteiger partial charge on any atom is -0.443 e. The zero-order valence-electron chi connectivity index (χ0n) is 8.01. The Morgan fingerprint density at radius 1 is 1.43 bits per heavy atom. The van der Waals surface area contributed by atoms with Crippen LogP contribution in [0.1, 0.15) is 12.5 Å². The third kappa shape index (κ3) is 3.06. The fraction of sp³-hybridized carbons (Fsp3) is 0.300. The smallest absolute Gasteiger partial charge is 0.434 e. The van der Waals surface area contributed by atoms with E-state index in [9.17, 15) is 4.79 Å². The summed E-state index contributed by atoms with van der Waals surface area (Å²) >= 11 is 0. The molecular formula is C10H13NO3. The van der Waals surface area contributed by atoms with Crippen molar-refractivity contribution in [2.24, 2.45) is 0 Å². The molecule has 14 heavy (non-hydrogen) atoms. The van der Waals surface area contributed by atoms with Crippen LogP contribution in [0.2, 0.25) is 0 Å². The predicted molar refractivity (Wildman–Crippen MR) is 50.8 cm³/mol.